The Labute approximate surface area is 140 Å². The number of hydrogen-bond donors (Lipinski definition) is 3. The number of anilines is 1. The highest BCUT2D eigenvalue weighted by Crippen LogP contribution is 2.22. The summed E-state index contributed by atoms with van der Waals surface area (Å²) in [5.41, 5.74) is 4.91. The summed E-state index contributed by atoms with van der Waals surface area (Å²) in [5.74, 6) is 0.627. The maximum Gasteiger partial charge on any atom is 0.251 e. The normalized spacial score (nSPS) is 10.8. The molecule has 6 nitrogen and oxygen atoms in total. The lowest BCUT2D eigenvalue weighted by molar-refractivity contribution is 0.0955. The summed E-state index contributed by atoms with van der Waals surface area (Å²) in [5, 5.41) is 15.1. The van der Waals surface area contributed by atoms with Crippen molar-refractivity contribution in [1.29, 1.82) is 0 Å². The van der Waals surface area contributed by atoms with Crippen LogP contribution in [0.3, 0.4) is 0 Å². The SMILES string of the molecule is Cc1ccc(NCCNC(=O)c2ccc3[nH]c(C)c(C)c3c2)nn1. The van der Waals surface area contributed by atoms with Gasteiger partial charge in [0.2, 0.25) is 0 Å². The highest BCUT2D eigenvalue weighted by molar-refractivity contribution is 5.99. The molecule has 0 unspecified atom stereocenters. The molecule has 6 heteroatoms. The zero-order valence-electron chi connectivity index (χ0n) is 14.1. The molecule has 0 aliphatic heterocycles. The Kier molecular flexibility index (Phi) is 4.46. The number of carbonyl (C=O) groups is 1. The van der Waals surface area contributed by atoms with Gasteiger partial charge in [-0.2, -0.15) is 5.10 Å². The molecule has 0 radical (unpaired) electrons. The van der Waals surface area contributed by atoms with Crippen LogP contribution in [0.15, 0.2) is 30.3 Å². The first-order valence-electron chi connectivity index (χ1n) is 7.96. The molecule has 2 heterocycles. The molecular formula is C18H21N5O. The van der Waals surface area contributed by atoms with Crippen molar-refractivity contribution in [1.82, 2.24) is 20.5 Å². The van der Waals surface area contributed by atoms with Crippen LogP contribution in [-0.4, -0.2) is 34.2 Å². The van der Waals surface area contributed by atoms with E-state index < -0.39 is 0 Å². The second-order valence-corrected chi connectivity index (χ2v) is 5.88. The third kappa shape index (κ3) is 3.37. The topological polar surface area (TPSA) is 82.7 Å². The van der Waals surface area contributed by atoms with Crippen molar-refractivity contribution < 1.29 is 4.79 Å². The lowest BCUT2D eigenvalue weighted by atomic mass is 10.1. The number of aromatic amines is 1. The van der Waals surface area contributed by atoms with Crippen molar-refractivity contribution in [3.8, 4) is 0 Å². The molecule has 3 rings (SSSR count). The average molecular weight is 323 g/mol. The van der Waals surface area contributed by atoms with Gasteiger partial charge in [0.05, 0.1) is 5.69 Å². The van der Waals surface area contributed by atoms with E-state index in [2.05, 4.69) is 32.7 Å². The summed E-state index contributed by atoms with van der Waals surface area (Å²) in [7, 11) is 0. The van der Waals surface area contributed by atoms with Crippen molar-refractivity contribution in [3.63, 3.8) is 0 Å². The Balaban J connectivity index is 1.57. The third-order valence-electron chi connectivity index (χ3n) is 4.08. The van der Waals surface area contributed by atoms with Crippen molar-refractivity contribution >= 4 is 22.6 Å². The van der Waals surface area contributed by atoms with Gasteiger partial charge in [-0.3, -0.25) is 4.79 Å². The van der Waals surface area contributed by atoms with Crippen LogP contribution in [0.4, 0.5) is 5.82 Å². The molecule has 0 bridgehead atoms. The van der Waals surface area contributed by atoms with E-state index in [1.165, 1.54) is 5.56 Å². The summed E-state index contributed by atoms with van der Waals surface area (Å²) in [4.78, 5) is 15.6. The van der Waals surface area contributed by atoms with E-state index in [4.69, 9.17) is 0 Å². The minimum absolute atomic E-state index is 0.0769. The van der Waals surface area contributed by atoms with Gasteiger partial charge in [-0.25, -0.2) is 0 Å². The molecule has 0 saturated heterocycles. The van der Waals surface area contributed by atoms with Crippen LogP contribution in [0.1, 0.15) is 27.3 Å². The number of fused-ring (bicyclic) bond motifs is 1. The summed E-state index contributed by atoms with van der Waals surface area (Å²) in [6.07, 6.45) is 0. The molecule has 0 fully saturated rings. The van der Waals surface area contributed by atoms with Gasteiger partial charge in [0.25, 0.3) is 5.91 Å². The predicted octanol–water partition coefficient (Wildman–Crippen LogP) is 2.73. The van der Waals surface area contributed by atoms with Crippen LogP contribution in [0.25, 0.3) is 10.9 Å². The van der Waals surface area contributed by atoms with Gasteiger partial charge in [-0.1, -0.05) is 0 Å². The molecule has 0 aliphatic rings. The first kappa shape index (κ1) is 16.0. The maximum atomic E-state index is 12.3. The Morgan fingerprint density at radius 2 is 1.92 bits per heavy atom. The fourth-order valence-corrected chi connectivity index (χ4v) is 2.56. The van der Waals surface area contributed by atoms with Gasteiger partial charge in [-0.05, 0) is 56.7 Å². The second kappa shape index (κ2) is 6.70. The molecule has 2 aromatic heterocycles. The summed E-state index contributed by atoms with van der Waals surface area (Å²) >= 11 is 0. The monoisotopic (exact) mass is 323 g/mol. The molecule has 3 N–H and O–H groups in total. The van der Waals surface area contributed by atoms with E-state index in [1.807, 2.05) is 44.2 Å². The van der Waals surface area contributed by atoms with Crippen LogP contribution in [0.5, 0.6) is 0 Å². The van der Waals surface area contributed by atoms with Crippen molar-refractivity contribution in [2.45, 2.75) is 20.8 Å². The number of H-pyrrole nitrogens is 1. The summed E-state index contributed by atoms with van der Waals surface area (Å²) < 4.78 is 0. The molecule has 24 heavy (non-hydrogen) atoms. The zero-order valence-corrected chi connectivity index (χ0v) is 14.1. The number of aromatic nitrogens is 3. The third-order valence-corrected chi connectivity index (χ3v) is 4.08. The lowest BCUT2D eigenvalue weighted by Crippen LogP contribution is -2.28. The Hall–Kier alpha value is -2.89. The molecule has 1 amide bonds. The van der Waals surface area contributed by atoms with Crippen molar-refractivity contribution in [2.75, 3.05) is 18.4 Å². The molecule has 124 valence electrons. The van der Waals surface area contributed by atoms with E-state index in [-0.39, 0.29) is 5.91 Å². The predicted molar refractivity (Wildman–Crippen MR) is 95.4 cm³/mol. The Morgan fingerprint density at radius 3 is 2.67 bits per heavy atom. The van der Waals surface area contributed by atoms with E-state index in [9.17, 15) is 4.79 Å². The van der Waals surface area contributed by atoms with Gasteiger partial charge >= 0.3 is 0 Å². The molecule has 0 spiro atoms. The van der Waals surface area contributed by atoms with Crippen molar-refractivity contribution in [2.24, 2.45) is 0 Å². The van der Waals surface area contributed by atoms with Crippen LogP contribution in [0, 0.1) is 20.8 Å². The number of aryl methyl sites for hydroxylation is 3. The standard InChI is InChI=1S/C18H21N5O/c1-11-4-7-17(23-22-11)19-8-9-20-18(24)14-5-6-16-15(10-14)12(2)13(3)21-16/h4-7,10,21H,8-9H2,1-3H3,(H,19,23)(H,20,24). The van der Waals surface area contributed by atoms with Gasteiger partial charge in [0, 0.05) is 35.2 Å². The van der Waals surface area contributed by atoms with E-state index in [0.29, 0.717) is 24.5 Å². The number of carbonyl (C=O) groups excluding carboxylic acids is 1. The summed E-state index contributed by atoms with van der Waals surface area (Å²) in [6, 6.07) is 9.48. The fourth-order valence-electron chi connectivity index (χ4n) is 2.56. The quantitative estimate of drug-likeness (QED) is 0.631. The van der Waals surface area contributed by atoms with E-state index in [0.717, 1.165) is 22.3 Å². The fraction of sp³-hybridized carbons (Fsp3) is 0.278. The Morgan fingerprint density at radius 1 is 1.08 bits per heavy atom. The zero-order chi connectivity index (χ0) is 17.1. The number of nitrogens with one attached hydrogen (secondary N) is 3. The number of hydrogen-bond acceptors (Lipinski definition) is 4. The van der Waals surface area contributed by atoms with Crippen LogP contribution >= 0.6 is 0 Å². The molecule has 0 saturated carbocycles. The minimum Gasteiger partial charge on any atom is -0.367 e. The Bertz CT molecular complexity index is 867. The van der Waals surface area contributed by atoms with Gasteiger partial charge in [0.1, 0.15) is 5.82 Å². The molecule has 0 aliphatic carbocycles. The first-order chi connectivity index (χ1) is 11.5. The number of benzene rings is 1. The van der Waals surface area contributed by atoms with E-state index in [1.54, 1.807) is 0 Å². The molecular weight excluding hydrogens is 302 g/mol. The first-order valence-corrected chi connectivity index (χ1v) is 7.96. The second-order valence-electron chi connectivity index (χ2n) is 5.88. The number of nitrogens with zero attached hydrogens (tertiary/aromatic N) is 2. The maximum absolute atomic E-state index is 12.3. The highest BCUT2D eigenvalue weighted by Gasteiger charge is 2.09. The van der Waals surface area contributed by atoms with Crippen molar-refractivity contribution in [3.05, 3.63) is 52.8 Å². The van der Waals surface area contributed by atoms with Crippen LogP contribution in [-0.2, 0) is 0 Å². The average Bonchev–Trinajstić information content (AvgIpc) is 2.87. The molecule has 0 atom stereocenters. The lowest BCUT2D eigenvalue weighted by Gasteiger charge is -2.07. The van der Waals surface area contributed by atoms with Gasteiger partial charge < -0.3 is 15.6 Å². The van der Waals surface area contributed by atoms with Gasteiger partial charge in [-0.15, -0.1) is 5.10 Å². The van der Waals surface area contributed by atoms with Crippen LogP contribution < -0.4 is 10.6 Å². The number of amides is 1. The molecule has 3 aromatic rings. The number of rotatable bonds is 5. The minimum atomic E-state index is -0.0769. The smallest absolute Gasteiger partial charge is 0.251 e. The van der Waals surface area contributed by atoms with Crippen LogP contribution in [0.2, 0.25) is 0 Å². The summed E-state index contributed by atoms with van der Waals surface area (Å²) in [6.45, 7) is 7.09. The van der Waals surface area contributed by atoms with Gasteiger partial charge in [0.15, 0.2) is 0 Å². The molecule has 1 aromatic carbocycles. The highest BCUT2D eigenvalue weighted by atomic mass is 16.1. The van der Waals surface area contributed by atoms with E-state index >= 15 is 0 Å². The largest absolute Gasteiger partial charge is 0.367 e.